The van der Waals surface area contributed by atoms with E-state index < -0.39 is 0 Å². The van der Waals surface area contributed by atoms with Crippen molar-refractivity contribution < 1.29 is 9.50 Å². The van der Waals surface area contributed by atoms with Crippen molar-refractivity contribution in [3.8, 4) is 0 Å². The Balaban J connectivity index is 1.66. The molecule has 0 heterocycles. The van der Waals surface area contributed by atoms with Crippen LogP contribution >= 0.6 is 0 Å². The van der Waals surface area contributed by atoms with Crippen LogP contribution in [0.2, 0.25) is 0 Å². The van der Waals surface area contributed by atoms with Gasteiger partial charge in [-0.3, -0.25) is 0 Å². The molecule has 1 nitrogen and oxygen atoms in total. The lowest BCUT2D eigenvalue weighted by atomic mass is 9.62. The normalized spacial score (nSPS) is 36.4. The fraction of sp³-hybridized carbons (Fsp3) is 0.769. The van der Waals surface area contributed by atoms with E-state index in [-0.39, 0.29) is 6.10 Å². The van der Waals surface area contributed by atoms with Gasteiger partial charge in [-0.1, -0.05) is 44.9 Å². The third-order valence-electron chi connectivity index (χ3n) is 8.17. The molecular formula is C26H41FO. The average molecular weight is 389 g/mol. The number of hydrogen-bond acceptors (Lipinski definition) is 1. The quantitative estimate of drug-likeness (QED) is 0.495. The first kappa shape index (κ1) is 21.8. The highest BCUT2D eigenvalue weighted by atomic mass is 19.1. The molecule has 4 atom stereocenters. The minimum absolute atomic E-state index is 0.147. The van der Waals surface area contributed by atoms with E-state index >= 15 is 0 Å². The maximum absolute atomic E-state index is 13.2. The highest BCUT2D eigenvalue weighted by molar-refractivity contribution is 5.36. The summed E-state index contributed by atoms with van der Waals surface area (Å²) in [7, 11) is 0. The van der Waals surface area contributed by atoms with Gasteiger partial charge >= 0.3 is 0 Å². The molecule has 0 spiro atoms. The Morgan fingerprint density at radius 3 is 2.54 bits per heavy atom. The summed E-state index contributed by atoms with van der Waals surface area (Å²) in [5.74, 6) is 1.87. The molecule has 3 fully saturated rings. The van der Waals surface area contributed by atoms with Crippen LogP contribution in [-0.4, -0.2) is 11.2 Å². The fourth-order valence-corrected chi connectivity index (χ4v) is 6.20. The van der Waals surface area contributed by atoms with E-state index in [4.69, 9.17) is 0 Å². The van der Waals surface area contributed by atoms with Crippen molar-refractivity contribution in [2.45, 2.75) is 104 Å². The fourth-order valence-electron chi connectivity index (χ4n) is 6.20. The second-order valence-electron chi connectivity index (χ2n) is 10.2. The van der Waals surface area contributed by atoms with Crippen LogP contribution in [0.5, 0.6) is 0 Å². The van der Waals surface area contributed by atoms with Crippen LogP contribution in [-0.2, 0) is 0 Å². The highest BCUT2D eigenvalue weighted by Crippen LogP contribution is 2.58. The van der Waals surface area contributed by atoms with E-state index in [1.807, 2.05) is 0 Å². The van der Waals surface area contributed by atoms with Gasteiger partial charge in [0.2, 0.25) is 0 Å². The van der Waals surface area contributed by atoms with Gasteiger partial charge in [0.05, 0.1) is 12.4 Å². The van der Waals surface area contributed by atoms with Gasteiger partial charge in [-0.25, -0.2) is 4.39 Å². The summed E-state index contributed by atoms with van der Waals surface area (Å²) in [6.07, 6.45) is 19.4. The minimum atomic E-state index is -0.147. The molecule has 0 aromatic heterocycles. The van der Waals surface area contributed by atoms with Gasteiger partial charge in [0, 0.05) is 0 Å². The molecule has 0 aromatic rings. The van der Waals surface area contributed by atoms with Gasteiger partial charge in [0.1, 0.15) is 0 Å². The smallest absolute Gasteiger partial charge is 0.0901 e. The number of aliphatic hydroxyl groups excluding tert-OH is 1. The molecular weight excluding hydrogens is 347 g/mol. The van der Waals surface area contributed by atoms with E-state index in [9.17, 15) is 9.50 Å². The summed E-state index contributed by atoms with van der Waals surface area (Å²) >= 11 is 0. The number of allylic oxidation sites excluding steroid dienone is 5. The summed E-state index contributed by atoms with van der Waals surface area (Å²) in [5, 5.41) is 10.1. The largest absolute Gasteiger partial charge is 0.393 e. The summed E-state index contributed by atoms with van der Waals surface area (Å²) in [6, 6.07) is 0. The maximum Gasteiger partial charge on any atom is 0.0901 e. The Kier molecular flexibility index (Phi) is 7.59. The monoisotopic (exact) mass is 388 g/mol. The number of hydrogen-bond donors (Lipinski definition) is 1. The second-order valence-corrected chi connectivity index (χ2v) is 10.2. The lowest BCUT2D eigenvalue weighted by molar-refractivity contribution is 0.0974. The molecule has 3 saturated carbocycles. The zero-order valence-corrected chi connectivity index (χ0v) is 18.4. The first-order chi connectivity index (χ1) is 13.5. The minimum Gasteiger partial charge on any atom is -0.393 e. The highest BCUT2D eigenvalue weighted by Gasteiger charge is 2.48. The van der Waals surface area contributed by atoms with Crippen LogP contribution in [0.1, 0.15) is 97.8 Å². The average Bonchev–Trinajstić information content (AvgIpc) is 3.03. The summed E-state index contributed by atoms with van der Waals surface area (Å²) in [5.41, 5.74) is 4.20. The van der Waals surface area contributed by atoms with Crippen molar-refractivity contribution in [2.75, 3.05) is 0 Å². The maximum atomic E-state index is 13.2. The zero-order chi connectivity index (χ0) is 20.1. The molecule has 28 heavy (non-hydrogen) atoms. The molecule has 0 bridgehead atoms. The molecule has 3 aliphatic rings. The van der Waals surface area contributed by atoms with Crippen molar-refractivity contribution in [3.63, 3.8) is 0 Å². The topological polar surface area (TPSA) is 20.2 Å². The molecule has 2 heteroatoms. The first-order valence-corrected chi connectivity index (χ1v) is 11.8. The molecule has 3 aliphatic carbocycles. The Morgan fingerprint density at radius 1 is 1.07 bits per heavy atom. The molecule has 0 aromatic carbocycles. The van der Waals surface area contributed by atoms with E-state index in [1.54, 1.807) is 5.57 Å². The van der Waals surface area contributed by atoms with Gasteiger partial charge in [-0.05, 0) is 105 Å². The van der Waals surface area contributed by atoms with Crippen molar-refractivity contribution in [2.24, 2.45) is 23.2 Å². The van der Waals surface area contributed by atoms with Crippen molar-refractivity contribution >= 4 is 0 Å². The number of halogens is 1. The van der Waals surface area contributed by atoms with Gasteiger partial charge < -0.3 is 5.11 Å². The lowest BCUT2D eigenvalue weighted by Crippen LogP contribution is -2.33. The van der Waals surface area contributed by atoms with Gasteiger partial charge in [-0.15, -0.1) is 0 Å². The van der Waals surface area contributed by atoms with Crippen molar-refractivity contribution in [1.29, 1.82) is 0 Å². The van der Waals surface area contributed by atoms with Crippen LogP contribution in [0.15, 0.2) is 35.2 Å². The molecule has 0 aliphatic heterocycles. The molecule has 0 radical (unpaired) electrons. The molecule has 158 valence electrons. The van der Waals surface area contributed by atoms with Crippen LogP contribution < -0.4 is 0 Å². The molecule has 0 saturated heterocycles. The van der Waals surface area contributed by atoms with Crippen LogP contribution in [0.25, 0.3) is 0 Å². The predicted molar refractivity (Wildman–Crippen MR) is 117 cm³/mol. The second kappa shape index (κ2) is 9.74. The molecule has 0 amide bonds. The van der Waals surface area contributed by atoms with Crippen LogP contribution in [0.3, 0.4) is 0 Å². The van der Waals surface area contributed by atoms with Crippen LogP contribution in [0, 0.1) is 23.2 Å². The summed E-state index contributed by atoms with van der Waals surface area (Å²) in [6.45, 7) is 6.75. The summed E-state index contributed by atoms with van der Waals surface area (Å²) in [4.78, 5) is 0. The molecule has 1 N–H and O–H groups in total. The molecule has 4 unspecified atom stereocenters. The van der Waals surface area contributed by atoms with Gasteiger partial charge in [0.25, 0.3) is 0 Å². The SMILES string of the molecule is CC(C)C(O)CCCC1CCC2/C(=C/C=C3/CCCC/C3=C\F)CCCC12C. The number of rotatable bonds is 6. The van der Waals surface area contributed by atoms with E-state index in [0.717, 1.165) is 49.9 Å². The van der Waals surface area contributed by atoms with Crippen molar-refractivity contribution in [1.82, 2.24) is 0 Å². The standard InChI is InChI=1S/C26H41FO/c1-19(2)25(28)12-6-11-23-15-16-24-21(10-7-17-26(23,24)3)14-13-20-8-4-5-9-22(20)18-27/h13-14,18-19,23-25,28H,4-12,15-17H2,1-3H3/b20-13-,21-14+,22-18+. The predicted octanol–water partition coefficient (Wildman–Crippen LogP) is 7.67. The van der Waals surface area contributed by atoms with Gasteiger partial charge in [-0.2, -0.15) is 0 Å². The Bertz CT molecular complexity index is 614. The van der Waals surface area contributed by atoms with E-state index in [2.05, 4.69) is 32.9 Å². The Hall–Kier alpha value is -0.890. The summed E-state index contributed by atoms with van der Waals surface area (Å²) < 4.78 is 13.2. The molecule has 3 rings (SSSR count). The van der Waals surface area contributed by atoms with E-state index in [0.29, 0.717) is 17.3 Å². The Labute approximate surface area is 172 Å². The Morgan fingerprint density at radius 2 is 1.82 bits per heavy atom. The first-order valence-electron chi connectivity index (χ1n) is 11.8. The van der Waals surface area contributed by atoms with Crippen molar-refractivity contribution in [3.05, 3.63) is 35.2 Å². The van der Waals surface area contributed by atoms with Crippen LogP contribution in [0.4, 0.5) is 4.39 Å². The van der Waals surface area contributed by atoms with Gasteiger partial charge in [0.15, 0.2) is 0 Å². The third-order valence-corrected chi connectivity index (χ3v) is 8.17. The third kappa shape index (κ3) is 4.81. The number of aliphatic hydroxyl groups is 1. The number of fused-ring (bicyclic) bond motifs is 1. The zero-order valence-electron chi connectivity index (χ0n) is 18.4. The van der Waals surface area contributed by atoms with E-state index in [1.165, 1.54) is 50.5 Å². The lowest BCUT2D eigenvalue weighted by Gasteiger charge is -2.42.